The van der Waals surface area contributed by atoms with Crippen LogP contribution in [0.3, 0.4) is 0 Å². The van der Waals surface area contributed by atoms with Crippen molar-refractivity contribution in [1.29, 1.82) is 0 Å². The number of likely N-dealkylation sites (N-methyl/N-ethyl adjacent to an activating group) is 1. The van der Waals surface area contributed by atoms with Crippen LogP contribution in [0.2, 0.25) is 0 Å². The number of piperazine rings is 1. The minimum Gasteiger partial charge on any atom is -0.450 e. The molecule has 0 radical (unpaired) electrons. The molecule has 0 spiro atoms. The first-order valence-electron chi connectivity index (χ1n) is 6.38. The molecule has 0 saturated carbocycles. The van der Waals surface area contributed by atoms with Crippen molar-refractivity contribution >= 4 is 26.0 Å². The predicted molar refractivity (Wildman–Crippen MR) is 77.8 cm³/mol. The summed E-state index contributed by atoms with van der Waals surface area (Å²) < 4.78 is 32.1. The molecule has 1 N–H and O–H groups in total. The Morgan fingerprint density at radius 3 is 2.40 bits per heavy atom. The third-order valence-electron chi connectivity index (χ3n) is 3.81. The maximum Gasteiger partial charge on any atom is 0.247 e. The lowest BCUT2D eigenvalue weighted by Crippen LogP contribution is -2.56. The van der Waals surface area contributed by atoms with Gasteiger partial charge in [0, 0.05) is 31.2 Å². The number of nitrogens with zero attached hydrogens (tertiary/aromatic N) is 2. The molecule has 1 aliphatic heterocycles. The van der Waals surface area contributed by atoms with Gasteiger partial charge in [-0.3, -0.25) is 4.90 Å². The van der Waals surface area contributed by atoms with Crippen molar-refractivity contribution in [3.05, 3.63) is 16.5 Å². The second-order valence-corrected chi connectivity index (χ2v) is 7.82. The molecule has 114 valence electrons. The maximum atomic E-state index is 12.7. The Bertz CT molecular complexity index is 574. The summed E-state index contributed by atoms with van der Waals surface area (Å²) in [7, 11) is -1.62. The molecule has 1 aromatic rings. The van der Waals surface area contributed by atoms with E-state index in [4.69, 9.17) is 9.52 Å². The Labute approximate surface area is 127 Å². The number of aliphatic hydroxyl groups excluding tert-OH is 1. The van der Waals surface area contributed by atoms with E-state index >= 15 is 0 Å². The summed E-state index contributed by atoms with van der Waals surface area (Å²) in [4.78, 5) is 2.24. The monoisotopic (exact) mass is 366 g/mol. The third kappa shape index (κ3) is 2.80. The van der Waals surface area contributed by atoms with Crippen LogP contribution in [0.25, 0.3) is 0 Å². The first-order valence-corrected chi connectivity index (χ1v) is 8.61. The fourth-order valence-corrected chi connectivity index (χ4v) is 4.91. The lowest BCUT2D eigenvalue weighted by Gasteiger charge is -2.41. The van der Waals surface area contributed by atoms with Gasteiger partial charge in [-0.1, -0.05) is 0 Å². The molecule has 1 fully saturated rings. The highest BCUT2D eigenvalue weighted by atomic mass is 79.9. The van der Waals surface area contributed by atoms with E-state index in [0.717, 1.165) is 0 Å². The van der Waals surface area contributed by atoms with Gasteiger partial charge < -0.3 is 9.52 Å². The van der Waals surface area contributed by atoms with Gasteiger partial charge in [-0.15, -0.1) is 0 Å². The molecule has 1 aliphatic rings. The Morgan fingerprint density at radius 2 is 1.95 bits per heavy atom. The molecular formula is C12H19BrN2O4S. The van der Waals surface area contributed by atoms with Gasteiger partial charge in [-0.25, -0.2) is 8.42 Å². The van der Waals surface area contributed by atoms with Gasteiger partial charge in [0.05, 0.1) is 0 Å². The zero-order valence-electron chi connectivity index (χ0n) is 11.7. The van der Waals surface area contributed by atoms with Crippen LogP contribution >= 0.6 is 15.9 Å². The summed E-state index contributed by atoms with van der Waals surface area (Å²) in [5.41, 5.74) is 0. The summed E-state index contributed by atoms with van der Waals surface area (Å²) in [6.07, 6.45) is 0. The predicted octanol–water partition coefficient (Wildman–Crippen LogP) is 1.25. The van der Waals surface area contributed by atoms with Crippen LogP contribution in [-0.2, 0) is 16.6 Å². The van der Waals surface area contributed by atoms with Crippen LogP contribution in [-0.4, -0.2) is 55.0 Å². The quantitative estimate of drug-likeness (QED) is 0.871. The summed E-state index contributed by atoms with van der Waals surface area (Å²) in [5, 5.41) is 9.04. The van der Waals surface area contributed by atoms with Crippen LogP contribution in [0.1, 0.15) is 19.6 Å². The smallest absolute Gasteiger partial charge is 0.247 e. The van der Waals surface area contributed by atoms with Gasteiger partial charge >= 0.3 is 0 Å². The lowest BCUT2D eigenvalue weighted by molar-refractivity contribution is 0.105. The normalized spacial score (nSPS) is 26.1. The Hall–Kier alpha value is -0.410. The second-order valence-electron chi connectivity index (χ2n) is 5.19. The van der Waals surface area contributed by atoms with Crippen molar-refractivity contribution < 1.29 is 17.9 Å². The van der Waals surface area contributed by atoms with Crippen molar-refractivity contribution in [1.82, 2.24) is 9.21 Å². The molecule has 6 nitrogen and oxygen atoms in total. The first kappa shape index (κ1) is 16.0. The van der Waals surface area contributed by atoms with Crippen molar-refractivity contribution in [2.45, 2.75) is 37.4 Å². The fourth-order valence-electron chi connectivity index (χ4n) is 2.34. The highest BCUT2D eigenvalue weighted by Crippen LogP contribution is 2.30. The van der Waals surface area contributed by atoms with Crippen molar-refractivity contribution in [3.63, 3.8) is 0 Å². The number of hydrogen-bond donors (Lipinski definition) is 1. The summed E-state index contributed by atoms with van der Waals surface area (Å²) in [6, 6.07) is 1.67. The molecule has 0 aliphatic carbocycles. The topological polar surface area (TPSA) is 74.0 Å². The van der Waals surface area contributed by atoms with Gasteiger partial charge in [0.2, 0.25) is 10.0 Å². The molecule has 0 aromatic carbocycles. The van der Waals surface area contributed by atoms with E-state index in [2.05, 4.69) is 20.8 Å². The summed E-state index contributed by atoms with van der Waals surface area (Å²) >= 11 is 3.11. The number of hydrogen-bond acceptors (Lipinski definition) is 5. The number of sulfonamides is 1. The molecule has 20 heavy (non-hydrogen) atoms. The van der Waals surface area contributed by atoms with E-state index in [0.29, 0.717) is 13.1 Å². The zero-order chi connectivity index (χ0) is 15.1. The minimum atomic E-state index is -3.62. The van der Waals surface area contributed by atoms with E-state index in [9.17, 15) is 8.42 Å². The third-order valence-corrected chi connectivity index (χ3v) is 6.49. The van der Waals surface area contributed by atoms with Crippen LogP contribution in [0, 0.1) is 0 Å². The average Bonchev–Trinajstić information content (AvgIpc) is 2.77. The Balaban J connectivity index is 2.33. The standard InChI is InChI=1S/C12H19BrN2O4S/c1-8-5-15(6-9(2)14(8)3)20(17,18)11-4-10(7-16)19-12(11)13/h4,8-9,16H,5-7H2,1-3H3. The van der Waals surface area contributed by atoms with Crippen molar-refractivity contribution in [2.75, 3.05) is 20.1 Å². The van der Waals surface area contributed by atoms with E-state index in [1.807, 2.05) is 20.9 Å². The molecule has 2 heterocycles. The largest absolute Gasteiger partial charge is 0.450 e. The Morgan fingerprint density at radius 1 is 1.40 bits per heavy atom. The van der Waals surface area contributed by atoms with Gasteiger partial charge in [0.1, 0.15) is 17.3 Å². The van der Waals surface area contributed by atoms with E-state index < -0.39 is 10.0 Å². The molecule has 1 aromatic heterocycles. The van der Waals surface area contributed by atoms with E-state index in [-0.39, 0.29) is 34.0 Å². The van der Waals surface area contributed by atoms with Crippen molar-refractivity contribution in [2.24, 2.45) is 0 Å². The molecular weight excluding hydrogens is 348 g/mol. The van der Waals surface area contributed by atoms with Gasteiger partial charge in [0.15, 0.2) is 4.67 Å². The number of halogens is 1. The van der Waals surface area contributed by atoms with Gasteiger partial charge in [-0.2, -0.15) is 4.31 Å². The molecule has 2 atom stereocenters. The zero-order valence-corrected chi connectivity index (χ0v) is 14.1. The summed E-state index contributed by atoms with van der Waals surface area (Å²) in [5.74, 6) is 0.227. The van der Waals surface area contributed by atoms with Crippen molar-refractivity contribution in [3.8, 4) is 0 Å². The van der Waals surface area contributed by atoms with Crippen LogP contribution in [0.5, 0.6) is 0 Å². The molecule has 0 amide bonds. The highest BCUT2D eigenvalue weighted by Gasteiger charge is 2.36. The number of furan rings is 1. The molecule has 2 rings (SSSR count). The van der Waals surface area contributed by atoms with Crippen LogP contribution in [0.4, 0.5) is 0 Å². The summed E-state index contributed by atoms with van der Waals surface area (Å²) in [6.45, 7) is 4.55. The van der Waals surface area contributed by atoms with Crippen LogP contribution in [0.15, 0.2) is 20.0 Å². The Kier molecular flexibility index (Phi) is 4.60. The molecule has 2 unspecified atom stereocenters. The average molecular weight is 367 g/mol. The van der Waals surface area contributed by atoms with E-state index in [1.165, 1.54) is 10.4 Å². The highest BCUT2D eigenvalue weighted by molar-refractivity contribution is 9.10. The van der Waals surface area contributed by atoms with Crippen LogP contribution < -0.4 is 0 Å². The number of rotatable bonds is 3. The van der Waals surface area contributed by atoms with E-state index in [1.54, 1.807) is 0 Å². The fraction of sp³-hybridized carbons (Fsp3) is 0.667. The molecule has 0 bridgehead atoms. The minimum absolute atomic E-state index is 0.0745. The first-order chi connectivity index (χ1) is 9.27. The number of aliphatic hydroxyl groups is 1. The van der Waals surface area contributed by atoms with Gasteiger partial charge in [0.25, 0.3) is 0 Å². The lowest BCUT2D eigenvalue weighted by atomic mass is 10.1. The second kappa shape index (κ2) is 5.76. The molecule has 1 saturated heterocycles. The van der Waals surface area contributed by atoms with Gasteiger partial charge in [-0.05, 0) is 36.8 Å². The molecule has 8 heteroatoms. The maximum absolute atomic E-state index is 12.7. The SMILES string of the molecule is CC1CN(S(=O)(=O)c2cc(CO)oc2Br)CC(C)N1C.